The van der Waals surface area contributed by atoms with E-state index in [1.165, 1.54) is 30.4 Å². The summed E-state index contributed by atoms with van der Waals surface area (Å²) in [7, 11) is 2.73. The van der Waals surface area contributed by atoms with Crippen molar-refractivity contribution in [2.45, 2.75) is 13.0 Å². The Hall–Kier alpha value is -1.89. The molecule has 2 amide bonds. The van der Waals surface area contributed by atoms with E-state index in [2.05, 4.69) is 10.1 Å². The molecule has 6 nitrogen and oxygen atoms in total. The standard InChI is InChI=1S/C12H16N2O4S/c1-8(12(17)14(2)7-10(15)18-3)13-11(16)9-5-4-6-19-9/h4-6,8H,7H2,1-3H3,(H,13,16). The monoisotopic (exact) mass is 284 g/mol. The second kappa shape index (κ2) is 6.89. The summed E-state index contributed by atoms with van der Waals surface area (Å²) in [4.78, 5) is 36.5. The largest absolute Gasteiger partial charge is 0.468 e. The lowest BCUT2D eigenvalue weighted by molar-refractivity contribution is -0.146. The normalized spacial score (nSPS) is 11.5. The Labute approximate surface area is 115 Å². The topological polar surface area (TPSA) is 75.7 Å². The Bertz CT molecular complexity index is 458. The van der Waals surface area contributed by atoms with E-state index in [9.17, 15) is 14.4 Å². The maximum Gasteiger partial charge on any atom is 0.325 e. The first-order valence-electron chi connectivity index (χ1n) is 5.62. The fraction of sp³-hybridized carbons (Fsp3) is 0.417. The van der Waals surface area contributed by atoms with Gasteiger partial charge in [0.1, 0.15) is 12.6 Å². The Kier molecular flexibility index (Phi) is 5.50. The van der Waals surface area contributed by atoms with Gasteiger partial charge in [-0.05, 0) is 18.4 Å². The molecular formula is C12H16N2O4S. The zero-order chi connectivity index (χ0) is 14.4. The number of nitrogens with zero attached hydrogens (tertiary/aromatic N) is 1. The number of carbonyl (C=O) groups is 3. The third kappa shape index (κ3) is 4.36. The fourth-order valence-corrected chi connectivity index (χ4v) is 2.03. The first-order chi connectivity index (χ1) is 8.95. The highest BCUT2D eigenvalue weighted by Crippen LogP contribution is 2.08. The molecule has 0 aliphatic rings. The van der Waals surface area contributed by atoms with Crippen molar-refractivity contribution in [3.63, 3.8) is 0 Å². The van der Waals surface area contributed by atoms with Crippen molar-refractivity contribution >= 4 is 29.1 Å². The van der Waals surface area contributed by atoms with Gasteiger partial charge < -0.3 is 15.0 Å². The van der Waals surface area contributed by atoms with E-state index in [1.54, 1.807) is 24.4 Å². The van der Waals surface area contributed by atoms with Crippen LogP contribution >= 0.6 is 11.3 Å². The van der Waals surface area contributed by atoms with E-state index in [4.69, 9.17) is 0 Å². The smallest absolute Gasteiger partial charge is 0.325 e. The van der Waals surface area contributed by atoms with Gasteiger partial charge in [0, 0.05) is 7.05 Å². The number of amides is 2. The first kappa shape index (κ1) is 15.2. The SMILES string of the molecule is COC(=O)CN(C)C(=O)C(C)NC(=O)c1cccs1. The molecule has 1 aromatic rings. The molecular weight excluding hydrogens is 268 g/mol. The lowest BCUT2D eigenvalue weighted by atomic mass is 10.2. The maximum atomic E-state index is 11.9. The molecule has 1 aromatic heterocycles. The molecule has 1 atom stereocenters. The molecule has 0 spiro atoms. The predicted octanol–water partition coefficient (Wildman–Crippen LogP) is 0.498. The molecule has 0 aliphatic heterocycles. The summed E-state index contributed by atoms with van der Waals surface area (Å²) in [6, 6.07) is 2.73. The van der Waals surface area contributed by atoms with Gasteiger partial charge >= 0.3 is 5.97 Å². The second-order valence-electron chi connectivity index (χ2n) is 3.94. The molecule has 0 aliphatic carbocycles. The van der Waals surface area contributed by atoms with Crippen molar-refractivity contribution in [2.75, 3.05) is 20.7 Å². The maximum absolute atomic E-state index is 11.9. The van der Waals surface area contributed by atoms with E-state index >= 15 is 0 Å². The summed E-state index contributed by atoms with van der Waals surface area (Å²) in [5, 5.41) is 4.36. The Morgan fingerprint density at radius 3 is 2.68 bits per heavy atom. The zero-order valence-electron chi connectivity index (χ0n) is 11.0. The number of hydrogen-bond acceptors (Lipinski definition) is 5. The average Bonchev–Trinajstić information content (AvgIpc) is 2.91. The summed E-state index contributed by atoms with van der Waals surface area (Å²) in [5.74, 6) is -1.16. The van der Waals surface area contributed by atoms with Crippen LogP contribution in [0.25, 0.3) is 0 Å². The molecule has 19 heavy (non-hydrogen) atoms. The number of thiophene rings is 1. The molecule has 1 heterocycles. The molecule has 7 heteroatoms. The van der Waals surface area contributed by atoms with Crippen molar-refractivity contribution in [3.05, 3.63) is 22.4 Å². The number of nitrogens with one attached hydrogen (secondary N) is 1. The van der Waals surface area contributed by atoms with Crippen LogP contribution in [0.2, 0.25) is 0 Å². The van der Waals surface area contributed by atoms with Crippen LogP contribution < -0.4 is 5.32 Å². The van der Waals surface area contributed by atoms with Crippen molar-refractivity contribution in [3.8, 4) is 0 Å². The van der Waals surface area contributed by atoms with Gasteiger partial charge in [-0.15, -0.1) is 11.3 Å². The number of likely N-dealkylation sites (N-methyl/N-ethyl adjacent to an activating group) is 1. The lowest BCUT2D eigenvalue weighted by Crippen LogP contribution is -2.46. The zero-order valence-corrected chi connectivity index (χ0v) is 11.8. The quantitative estimate of drug-likeness (QED) is 0.799. The second-order valence-corrected chi connectivity index (χ2v) is 4.89. The molecule has 0 bridgehead atoms. The Morgan fingerprint density at radius 1 is 1.47 bits per heavy atom. The van der Waals surface area contributed by atoms with Gasteiger partial charge in [0.25, 0.3) is 5.91 Å². The van der Waals surface area contributed by atoms with Crippen molar-refractivity contribution < 1.29 is 19.1 Å². The highest BCUT2D eigenvalue weighted by molar-refractivity contribution is 7.12. The minimum Gasteiger partial charge on any atom is -0.468 e. The van der Waals surface area contributed by atoms with E-state index in [0.717, 1.165) is 0 Å². The number of hydrogen-bond donors (Lipinski definition) is 1. The van der Waals surface area contributed by atoms with Gasteiger partial charge in [0.05, 0.1) is 12.0 Å². The number of esters is 1. The van der Waals surface area contributed by atoms with Crippen molar-refractivity contribution in [1.29, 1.82) is 0 Å². The van der Waals surface area contributed by atoms with E-state index in [0.29, 0.717) is 4.88 Å². The number of methoxy groups -OCH3 is 1. The third-order valence-corrected chi connectivity index (χ3v) is 3.30. The van der Waals surface area contributed by atoms with Gasteiger partial charge in [0.15, 0.2) is 0 Å². The molecule has 0 aromatic carbocycles. The van der Waals surface area contributed by atoms with Crippen LogP contribution in [-0.4, -0.2) is 49.4 Å². The lowest BCUT2D eigenvalue weighted by Gasteiger charge is -2.20. The Morgan fingerprint density at radius 2 is 2.16 bits per heavy atom. The van der Waals surface area contributed by atoms with Gasteiger partial charge in [-0.3, -0.25) is 14.4 Å². The summed E-state index contributed by atoms with van der Waals surface area (Å²) >= 11 is 1.30. The van der Waals surface area contributed by atoms with Crippen molar-refractivity contribution in [2.24, 2.45) is 0 Å². The van der Waals surface area contributed by atoms with Gasteiger partial charge in [0.2, 0.25) is 5.91 Å². The molecule has 1 N–H and O–H groups in total. The van der Waals surface area contributed by atoms with E-state index < -0.39 is 12.0 Å². The van der Waals surface area contributed by atoms with Gasteiger partial charge in [-0.1, -0.05) is 6.07 Å². The molecule has 1 unspecified atom stereocenters. The minimum absolute atomic E-state index is 0.144. The molecule has 0 saturated carbocycles. The third-order valence-electron chi connectivity index (χ3n) is 2.43. The van der Waals surface area contributed by atoms with Crippen LogP contribution in [0.5, 0.6) is 0 Å². The van der Waals surface area contributed by atoms with Crippen LogP contribution in [0.1, 0.15) is 16.6 Å². The summed E-state index contributed by atoms with van der Waals surface area (Å²) in [6.07, 6.45) is 0. The summed E-state index contributed by atoms with van der Waals surface area (Å²) in [6.45, 7) is 1.43. The number of ether oxygens (including phenoxy) is 1. The van der Waals surface area contributed by atoms with Crippen LogP contribution in [-0.2, 0) is 14.3 Å². The van der Waals surface area contributed by atoms with Crippen molar-refractivity contribution in [1.82, 2.24) is 10.2 Å². The van der Waals surface area contributed by atoms with E-state index in [1.807, 2.05) is 0 Å². The molecule has 104 valence electrons. The highest BCUT2D eigenvalue weighted by Gasteiger charge is 2.22. The molecule has 1 rings (SSSR count). The molecule has 0 radical (unpaired) electrons. The summed E-state index contributed by atoms with van der Waals surface area (Å²) in [5.41, 5.74) is 0. The molecule has 0 saturated heterocycles. The first-order valence-corrected chi connectivity index (χ1v) is 6.49. The Balaban J connectivity index is 2.53. The van der Waals surface area contributed by atoms with Crippen LogP contribution in [0, 0.1) is 0 Å². The highest BCUT2D eigenvalue weighted by atomic mass is 32.1. The van der Waals surface area contributed by atoms with E-state index in [-0.39, 0.29) is 18.4 Å². The number of rotatable bonds is 5. The predicted molar refractivity (Wildman–Crippen MR) is 70.9 cm³/mol. The average molecular weight is 284 g/mol. The van der Waals surface area contributed by atoms with Gasteiger partial charge in [-0.2, -0.15) is 0 Å². The number of carbonyl (C=O) groups excluding carboxylic acids is 3. The van der Waals surface area contributed by atoms with Crippen LogP contribution in [0.15, 0.2) is 17.5 Å². The summed E-state index contributed by atoms with van der Waals surface area (Å²) < 4.78 is 4.47. The van der Waals surface area contributed by atoms with Crippen LogP contribution in [0.4, 0.5) is 0 Å². The van der Waals surface area contributed by atoms with Gasteiger partial charge in [-0.25, -0.2) is 0 Å². The van der Waals surface area contributed by atoms with Crippen LogP contribution in [0.3, 0.4) is 0 Å². The minimum atomic E-state index is -0.704. The molecule has 0 fully saturated rings. The fourth-order valence-electron chi connectivity index (χ4n) is 1.40.